The lowest BCUT2D eigenvalue weighted by Gasteiger charge is -2.00. The fourth-order valence-electron chi connectivity index (χ4n) is 0.845. The van der Waals surface area contributed by atoms with Gasteiger partial charge >= 0.3 is 0 Å². The van der Waals surface area contributed by atoms with E-state index in [1.54, 1.807) is 7.05 Å². The van der Waals surface area contributed by atoms with E-state index in [1.807, 2.05) is 0 Å². The molecule has 6 heteroatoms. The maximum Gasteiger partial charge on any atom is 0.186 e. The molecule has 0 aliphatic carbocycles. The molecule has 15 heavy (non-hydrogen) atoms. The summed E-state index contributed by atoms with van der Waals surface area (Å²) in [6.07, 6.45) is 1.04. The molecule has 3 nitrogen and oxygen atoms in total. The average molecular weight is 229 g/mol. The Morgan fingerprint density at radius 3 is 2.53 bits per heavy atom. The molecule has 0 fully saturated rings. The summed E-state index contributed by atoms with van der Waals surface area (Å²) in [7, 11) is 1.61. The lowest BCUT2D eigenvalue weighted by Crippen LogP contribution is -2.28. The van der Waals surface area contributed by atoms with E-state index in [4.69, 9.17) is 12.2 Å². The third-order valence-electron chi connectivity index (χ3n) is 1.59. The van der Waals surface area contributed by atoms with Gasteiger partial charge in [-0.3, -0.25) is 5.43 Å². The minimum absolute atomic E-state index is 0.205. The first-order valence-corrected chi connectivity index (χ1v) is 4.50. The van der Waals surface area contributed by atoms with E-state index in [0.717, 1.165) is 18.3 Å². The van der Waals surface area contributed by atoms with Gasteiger partial charge in [0.25, 0.3) is 0 Å². The standard InChI is InChI=1S/C9H9F2N3S/c1-12-9(15)14-13-5-6-7(10)3-2-4-8(6)11/h2-5H,1H3,(H2,12,14,15)/b13-5+. The van der Waals surface area contributed by atoms with Gasteiger partial charge in [-0.1, -0.05) is 6.07 Å². The quantitative estimate of drug-likeness (QED) is 0.457. The van der Waals surface area contributed by atoms with Gasteiger partial charge in [0, 0.05) is 7.05 Å². The van der Waals surface area contributed by atoms with E-state index >= 15 is 0 Å². The van der Waals surface area contributed by atoms with Crippen LogP contribution in [0.3, 0.4) is 0 Å². The summed E-state index contributed by atoms with van der Waals surface area (Å²) >= 11 is 4.71. The number of benzene rings is 1. The number of thiocarbonyl (C=S) groups is 1. The van der Waals surface area contributed by atoms with Gasteiger partial charge in [0.05, 0.1) is 11.8 Å². The second kappa shape index (κ2) is 5.35. The predicted molar refractivity (Wildman–Crippen MR) is 58.7 cm³/mol. The molecule has 0 aromatic heterocycles. The van der Waals surface area contributed by atoms with Gasteiger partial charge in [-0.15, -0.1) is 0 Å². The van der Waals surface area contributed by atoms with Crippen molar-refractivity contribution in [3.05, 3.63) is 35.4 Å². The smallest absolute Gasteiger partial charge is 0.186 e. The fraction of sp³-hybridized carbons (Fsp3) is 0.111. The van der Waals surface area contributed by atoms with Crippen molar-refractivity contribution in [2.24, 2.45) is 5.10 Å². The monoisotopic (exact) mass is 229 g/mol. The van der Waals surface area contributed by atoms with E-state index in [2.05, 4.69) is 15.8 Å². The second-order valence-corrected chi connectivity index (χ2v) is 2.99. The molecule has 2 N–H and O–H groups in total. The van der Waals surface area contributed by atoms with Crippen molar-refractivity contribution in [1.29, 1.82) is 0 Å². The van der Waals surface area contributed by atoms with Crippen molar-refractivity contribution in [2.75, 3.05) is 7.05 Å². The van der Waals surface area contributed by atoms with Crippen LogP contribution in [0.15, 0.2) is 23.3 Å². The van der Waals surface area contributed by atoms with E-state index in [0.29, 0.717) is 0 Å². The summed E-state index contributed by atoms with van der Waals surface area (Å²) in [5, 5.41) is 6.44. The molecule has 0 radical (unpaired) electrons. The molecule has 0 amide bonds. The van der Waals surface area contributed by atoms with E-state index in [9.17, 15) is 8.78 Å². The molecule has 0 aliphatic rings. The molecule has 0 saturated carbocycles. The van der Waals surface area contributed by atoms with Crippen molar-refractivity contribution in [3.8, 4) is 0 Å². The van der Waals surface area contributed by atoms with Gasteiger partial charge in [-0.2, -0.15) is 5.10 Å². The summed E-state index contributed by atoms with van der Waals surface area (Å²) in [5.74, 6) is -1.34. The lowest BCUT2D eigenvalue weighted by atomic mass is 10.2. The zero-order chi connectivity index (χ0) is 11.3. The minimum Gasteiger partial charge on any atom is -0.364 e. The number of halogens is 2. The Hall–Kier alpha value is -1.56. The third kappa shape index (κ3) is 3.25. The maximum atomic E-state index is 13.0. The summed E-state index contributed by atoms with van der Waals surface area (Å²) < 4.78 is 26.1. The van der Waals surface area contributed by atoms with Crippen LogP contribution >= 0.6 is 12.2 Å². The molecule has 0 aliphatic heterocycles. The van der Waals surface area contributed by atoms with Gasteiger partial charge in [-0.05, 0) is 24.4 Å². The number of hydrogen-bond donors (Lipinski definition) is 2. The molecule has 0 saturated heterocycles. The first kappa shape index (κ1) is 11.5. The Labute approximate surface area is 91.2 Å². The molecule has 0 atom stereocenters. The van der Waals surface area contributed by atoms with Crippen molar-refractivity contribution in [2.45, 2.75) is 0 Å². The van der Waals surface area contributed by atoms with Crippen molar-refractivity contribution in [1.82, 2.24) is 10.7 Å². The Balaban J connectivity index is 2.76. The Kier molecular flexibility index (Phi) is 4.11. The van der Waals surface area contributed by atoms with Crippen LogP contribution in [0.2, 0.25) is 0 Å². The molecule has 1 rings (SSSR count). The van der Waals surface area contributed by atoms with Crippen LogP contribution in [0.4, 0.5) is 8.78 Å². The molecular formula is C9H9F2N3S. The van der Waals surface area contributed by atoms with Crippen LogP contribution in [0.1, 0.15) is 5.56 Å². The summed E-state index contributed by atoms with van der Waals surface area (Å²) in [6, 6.07) is 3.59. The second-order valence-electron chi connectivity index (χ2n) is 2.58. The average Bonchev–Trinajstić information content (AvgIpc) is 2.22. The molecule has 0 heterocycles. The van der Waals surface area contributed by atoms with Crippen molar-refractivity contribution < 1.29 is 8.78 Å². The zero-order valence-corrected chi connectivity index (χ0v) is 8.74. The molecule has 0 unspecified atom stereocenters. The highest BCUT2D eigenvalue weighted by molar-refractivity contribution is 7.80. The number of hydrazone groups is 1. The van der Waals surface area contributed by atoms with Crippen LogP contribution < -0.4 is 10.7 Å². The zero-order valence-electron chi connectivity index (χ0n) is 7.92. The van der Waals surface area contributed by atoms with Gasteiger partial charge in [0.1, 0.15) is 11.6 Å². The van der Waals surface area contributed by atoms with E-state index in [1.165, 1.54) is 6.07 Å². The van der Waals surface area contributed by atoms with Crippen LogP contribution in [-0.4, -0.2) is 18.4 Å². The highest BCUT2D eigenvalue weighted by Gasteiger charge is 2.04. The molecule has 0 spiro atoms. The minimum atomic E-state index is -0.670. The maximum absolute atomic E-state index is 13.0. The topological polar surface area (TPSA) is 36.4 Å². The Morgan fingerprint density at radius 2 is 2.00 bits per heavy atom. The van der Waals surface area contributed by atoms with E-state index in [-0.39, 0.29) is 10.7 Å². The van der Waals surface area contributed by atoms with E-state index < -0.39 is 11.6 Å². The highest BCUT2D eigenvalue weighted by atomic mass is 32.1. The number of nitrogens with one attached hydrogen (secondary N) is 2. The van der Waals surface area contributed by atoms with Gasteiger partial charge in [0.15, 0.2) is 5.11 Å². The van der Waals surface area contributed by atoms with Crippen LogP contribution in [0.25, 0.3) is 0 Å². The third-order valence-corrected chi connectivity index (χ3v) is 1.88. The molecular weight excluding hydrogens is 220 g/mol. The number of hydrogen-bond acceptors (Lipinski definition) is 2. The largest absolute Gasteiger partial charge is 0.364 e. The Bertz CT molecular complexity index is 373. The van der Waals surface area contributed by atoms with Crippen LogP contribution in [0, 0.1) is 11.6 Å². The lowest BCUT2D eigenvalue weighted by molar-refractivity contribution is 0.580. The molecule has 80 valence electrons. The Morgan fingerprint density at radius 1 is 1.40 bits per heavy atom. The molecule has 1 aromatic rings. The summed E-state index contributed by atoms with van der Waals surface area (Å²) in [4.78, 5) is 0. The fourth-order valence-corrected chi connectivity index (χ4v) is 0.898. The van der Waals surface area contributed by atoms with Gasteiger partial charge in [0.2, 0.25) is 0 Å². The van der Waals surface area contributed by atoms with Gasteiger partial charge < -0.3 is 5.32 Å². The normalized spacial score (nSPS) is 10.3. The van der Waals surface area contributed by atoms with Crippen LogP contribution in [0.5, 0.6) is 0 Å². The first-order valence-electron chi connectivity index (χ1n) is 4.10. The number of nitrogens with zero attached hydrogens (tertiary/aromatic N) is 1. The SMILES string of the molecule is CNC(=S)N/N=C/c1c(F)cccc1F. The highest BCUT2D eigenvalue weighted by Crippen LogP contribution is 2.08. The van der Waals surface area contributed by atoms with Crippen molar-refractivity contribution >= 4 is 23.5 Å². The summed E-state index contributed by atoms with van der Waals surface area (Å²) in [6.45, 7) is 0. The molecule has 1 aromatic carbocycles. The van der Waals surface area contributed by atoms with Crippen LogP contribution in [-0.2, 0) is 0 Å². The summed E-state index contributed by atoms with van der Waals surface area (Å²) in [5.41, 5.74) is 2.19. The molecule has 0 bridgehead atoms. The van der Waals surface area contributed by atoms with Crippen molar-refractivity contribution in [3.63, 3.8) is 0 Å². The van der Waals surface area contributed by atoms with Gasteiger partial charge in [-0.25, -0.2) is 8.78 Å². The first-order chi connectivity index (χ1) is 7.15. The number of rotatable bonds is 2. The predicted octanol–water partition coefficient (Wildman–Crippen LogP) is 1.39.